The van der Waals surface area contributed by atoms with E-state index in [9.17, 15) is 4.79 Å². The Morgan fingerprint density at radius 1 is 1.12 bits per heavy atom. The molecule has 8 heteroatoms. The van der Waals surface area contributed by atoms with Crippen molar-refractivity contribution in [2.24, 2.45) is 0 Å². The molecule has 4 rings (SSSR count). The number of piperidine rings is 1. The molecule has 1 unspecified atom stereocenters. The Hall–Kier alpha value is -3.19. The topological polar surface area (TPSA) is 74.0 Å². The molecule has 0 aliphatic carbocycles. The van der Waals surface area contributed by atoms with Gasteiger partial charge in [0.05, 0.1) is 20.4 Å². The van der Waals surface area contributed by atoms with E-state index in [0.29, 0.717) is 46.9 Å². The average Bonchev–Trinajstić information content (AvgIpc) is 3.32. The molecule has 0 spiro atoms. The fraction of sp³-hybridized carbons (Fsp3) is 0.360. The molecule has 1 amide bonds. The minimum Gasteiger partial charge on any atom is -0.493 e. The first-order chi connectivity index (χ1) is 16.1. The van der Waals surface area contributed by atoms with Crippen molar-refractivity contribution in [2.45, 2.75) is 31.7 Å². The van der Waals surface area contributed by atoms with Gasteiger partial charge in [-0.05, 0) is 43.0 Å². The summed E-state index contributed by atoms with van der Waals surface area (Å²) < 4.78 is 22.6. The van der Waals surface area contributed by atoms with Gasteiger partial charge in [-0.25, -0.2) is 4.98 Å². The molecule has 1 saturated heterocycles. The van der Waals surface area contributed by atoms with Crippen LogP contribution in [0.4, 0.5) is 0 Å². The summed E-state index contributed by atoms with van der Waals surface area (Å²) >= 11 is 6.28. The molecular formula is C25H27ClN2O5. The number of carbonyl (C=O) groups is 1. The van der Waals surface area contributed by atoms with Crippen molar-refractivity contribution >= 4 is 17.5 Å². The summed E-state index contributed by atoms with van der Waals surface area (Å²) in [6.45, 7) is 0.485. The van der Waals surface area contributed by atoms with E-state index in [0.717, 1.165) is 24.8 Å². The smallest absolute Gasteiger partial charge is 0.261 e. The van der Waals surface area contributed by atoms with Crippen molar-refractivity contribution in [3.8, 4) is 17.2 Å². The molecule has 1 fully saturated rings. The van der Waals surface area contributed by atoms with Gasteiger partial charge >= 0.3 is 0 Å². The highest BCUT2D eigenvalue weighted by atomic mass is 35.5. The van der Waals surface area contributed by atoms with E-state index in [1.54, 1.807) is 43.5 Å². The lowest BCUT2D eigenvalue weighted by atomic mass is 10.0. The maximum Gasteiger partial charge on any atom is 0.261 e. The van der Waals surface area contributed by atoms with E-state index < -0.39 is 0 Å². The molecule has 0 saturated carbocycles. The number of rotatable bonds is 8. The Balaban J connectivity index is 1.46. The van der Waals surface area contributed by atoms with E-state index in [1.165, 1.54) is 0 Å². The normalized spacial score (nSPS) is 15.8. The van der Waals surface area contributed by atoms with Gasteiger partial charge in [-0.2, -0.15) is 0 Å². The number of methoxy groups -OCH3 is 2. The molecule has 2 heterocycles. The van der Waals surface area contributed by atoms with Crippen LogP contribution in [0.1, 0.15) is 42.5 Å². The van der Waals surface area contributed by atoms with Crippen LogP contribution < -0.4 is 14.2 Å². The van der Waals surface area contributed by atoms with Crippen LogP contribution >= 0.6 is 11.6 Å². The average molecular weight is 471 g/mol. The highest BCUT2D eigenvalue weighted by molar-refractivity contribution is 6.31. The predicted octanol–water partition coefficient (Wildman–Crippen LogP) is 5.07. The first-order valence-corrected chi connectivity index (χ1v) is 11.3. The molecule has 3 aromatic rings. The number of aromatic nitrogens is 1. The molecule has 1 aliphatic heterocycles. The van der Waals surface area contributed by atoms with Gasteiger partial charge < -0.3 is 23.5 Å². The summed E-state index contributed by atoms with van der Waals surface area (Å²) in [7, 11) is 3.10. The lowest BCUT2D eigenvalue weighted by molar-refractivity contribution is -0.137. The van der Waals surface area contributed by atoms with Crippen molar-refractivity contribution < 1.29 is 23.4 Å². The van der Waals surface area contributed by atoms with Crippen LogP contribution in [0.2, 0.25) is 5.02 Å². The van der Waals surface area contributed by atoms with Crippen LogP contribution in [0.3, 0.4) is 0 Å². The molecule has 2 aromatic carbocycles. The number of halogens is 1. The van der Waals surface area contributed by atoms with Gasteiger partial charge in [-0.3, -0.25) is 4.79 Å². The molecular weight excluding hydrogens is 444 g/mol. The number of carbonyl (C=O) groups excluding carboxylic acids is 1. The van der Waals surface area contributed by atoms with Crippen LogP contribution in [0.5, 0.6) is 17.2 Å². The van der Waals surface area contributed by atoms with E-state index in [4.69, 9.17) is 30.2 Å². The summed E-state index contributed by atoms with van der Waals surface area (Å²) in [5, 5.41) is 0.689. The number of amides is 1. The van der Waals surface area contributed by atoms with Crippen molar-refractivity contribution in [3.63, 3.8) is 0 Å². The molecule has 0 radical (unpaired) electrons. The maximum atomic E-state index is 13.1. The standard InChI is InChI=1S/C25H27ClN2O5/c1-30-21-11-7-12-22(31-2)24(21)32-16-23(29)28-13-6-5-10-20(28)25-27-15-18(33-25)14-17-8-3-4-9-19(17)26/h3-4,7-9,11-12,15,20H,5-6,10,13-14,16H2,1-2H3. The summed E-state index contributed by atoms with van der Waals surface area (Å²) in [5.41, 5.74) is 0.970. The van der Waals surface area contributed by atoms with Gasteiger partial charge in [0.2, 0.25) is 11.6 Å². The fourth-order valence-electron chi connectivity index (χ4n) is 4.05. The second kappa shape index (κ2) is 10.6. The van der Waals surface area contributed by atoms with Gasteiger partial charge in [-0.15, -0.1) is 0 Å². The summed E-state index contributed by atoms with van der Waals surface area (Å²) in [4.78, 5) is 19.4. The lowest BCUT2D eigenvalue weighted by Gasteiger charge is -2.33. The Kier molecular flexibility index (Phi) is 7.40. The Labute approximate surface area is 198 Å². The van der Waals surface area contributed by atoms with Gasteiger partial charge in [0.1, 0.15) is 11.8 Å². The Morgan fingerprint density at radius 3 is 2.61 bits per heavy atom. The minimum atomic E-state index is -0.227. The summed E-state index contributed by atoms with van der Waals surface area (Å²) in [6, 6.07) is 12.8. The van der Waals surface area contributed by atoms with E-state index in [1.807, 2.05) is 24.3 Å². The second-order valence-corrected chi connectivity index (χ2v) is 8.22. The largest absolute Gasteiger partial charge is 0.493 e. The van der Waals surface area contributed by atoms with Crippen molar-refractivity contribution in [1.29, 1.82) is 0 Å². The molecule has 0 bridgehead atoms. The van der Waals surface area contributed by atoms with Gasteiger partial charge in [0.15, 0.2) is 18.1 Å². The first-order valence-electron chi connectivity index (χ1n) is 10.9. The molecule has 1 aromatic heterocycles. The van der Waals surface area contributed by atoms with Crippen molar-refractivity contribution in [3.05, 3.63) is 70.9 Å². The van der Waals surface area contributed by atoms with Crippen LogP contribution in [-0.4, -0.2) is 43.2 Å². The highest BCUT2D eigenvalue weighted by Gasteiger charge is 2.32. The first kappa shape index (κ1) is 23.0. The van der Waals surface area contributed by atoms with Crippen LogP contribution in [0.15, 0.2) is 53.1 Å². The Morgan fingerprint density at radius 2 is 1.88 bits per heavy atom. The van der Waals surface area contributed by atoms with Gasteiger partial charge in [0.25, 0.3) is 5.91 Å². The fourth-order valence-corrected chi connectivity index (χ4v) is 4.25. The third-order valence-corrected chi connectivity index (χ3v) is 6.09. The molecule has 0 N–H and O–H groups in total. The van der Waals surface area contributed by atoms with E-state index >= 15 is 0 Å². The quantitative estimate of drug-likeness (QED) is 0.457. The minimum absolute atomic E-state index is 0.138. The molecule has 174 valence electrons. The number of ether oxygens (including phenoxy) is 3. The van der Waals surface area contributed by atoms with Gasteiger partial charge in [-0.1, -0.05) is 35.9 Å². The zero-order valence-corrected chi connectivity index (χ0v) is 19.5. The molecule has 7 nitrogen and oxygen atoms in total. The SMILES string of the molecule is COc1cccc(OC)c1OCC(=O)N1CCCCC1c1ncc(Cc2ccccc2Cl)o1. The number of hydrogen-bond donors (Lipinski definition) is 0. The number of oxazole rings is 1. The summed E-state index contributed by atoms with van der Waals surface area (Å²) in [6.07, 6.45) is 4.97. The number of likely N-dealkylation sites (tertiary alicyclic amines) is 1. The Bertz CT molecular complexity index is 1080. The van der Waals surface area contributed by atoms with E-state index in [-0.39, 0.29) is 18.6 Å². The zero-order valence-electron chi connectivity index (χ0n) is 18.8. The third-order valence-electron chi connectivity index (χ3n) is 5.72. The van der Waals surface area contributed by atoms with Crippen LogP contribution in [0, 0.1) is 0 Å². The summed E-state index contributed by atoms with van der Waals surface area (Å²) in [5.74, 6) is 2.54. The van der Waals surface area contributed by atoms with E-state index in [2.05, 4.69) is 4.98 Å². The third kappa shape index (κ3) is 5.25. The van der Waals surface area contributed by atoms with Crippen LogP contribution in [-0.2, 0) is 11.2 Å². The maximum absolute atomic E-state index is 13.1. The number of para-hydroxylation sites is 1. The lowest BCUT2D eigenvalue weighted by Crippen LogP contribution is -2.41. The van der Waals surface area contributed by atoms with Crippen molar-refractivity contribution in [2.75, 3.05) is 27.4 Å². The predicted molar refractivity (Wildman–Crippen MR) is 124 cm³/mol. The number of hydrogen-bond acceptors (Lipinski definition) is 6. The van der Waals surface area contributed by atoms with Crippen LogP contribution in [0.25, 0.3) is 0 Å². The second-order valence-electron chi connectivity index (χ2n) is 7.81. The molecule has 33 heavy (non-hydrogen) atoms. The highest BCUT2D eigenvalue weighted by Crippen LogP contribution is 2.37. The number of nitrogens with zero attached hydrogens (tertiary/aromatic N) is 2. The number of benzene rings is 2. The monoisotopic (exact) mass is 470 g/mol. The zero-order chi connectivity index (χ0) is 23.2. The molecule has 1 aliphatic rings. The van der Waals surface area contributed by atoms with Gasteiger partial charge in [0, 0.05) is 18.0 Å². The van der Waals surface area contributed by atoms with Crippen molar-refractivity contribution in [1.82, 2.24) is 9.88 Å². The molecule has 1 atom stereocenters.